The van der Waals surface area contributed by atoms with E-state index in [1.165, 1.54) is 11.1 Å². The molecule has 3 nitrogen and oxygen atoms in total. The Hall–Kier alpha value is -1.22. The standard InChI is InChI=1S/C16H24ClNO2/c1-11(2)15-6-5-14(9-12(15)3)20-13(4)10-18-16(19)7-8-17/h5-6,9,11,13H,7-8,10H2,1-4H3,(H,18,19). The summed E-state index contributed by atoms with van der Waals surface area (Å²) < 4.78 is 5.81. The maximum Gasteiger partial charge on any atom is 0.221 e. The highest BCUT2D eigenvalue weighted by molar-refractivity contribution is 6.18. The lowest BCUT2D eigenvalue weighted by atomic mass is 9.98. The molecule has 112 valence electrons. The average molecular weight is 298 g/mol. The molecule has 0 fully saturated rings. The van der Waals surface area contributed by atoms with Gasteiger partial charge >= 0.3 is 0 Å². The van der Waals surface area contributed by atoms with Gasteiger partial charge in [-0.1, -0.05) is 19.9 Å². The molecule has 0 heterocycles. The van der Waals surface area contributed by atoms with Crippen LogP contribution < -0.4 is 10.1 Å². The summed E-state index contributed by atoms with van der Waals surface area (Å²) >= 11 is 5.51. The summed E-state index contributed by atoms with van der Waals surface area (Å²) in [6.07, 6.45) is 0.273. The van der Waals surface area contributed by atoms with Crippen LogP contribution >= 0.6 is 11.6 Å². The van der Waals surface area contributed by atoms with E-state index in [0.717, 1.165) is 5.75 Å². The topological polar surface area (TPSA) is 38.3 Å². The van der Waals surface area contributed by atoms with Gasteiger partial charge < -0.3 is 10.1 Å². The third-order valence-corrected chi connectivity index (χ3v) is 3.30. The number of rotatable bonds is 7. The summed E-state index contributed by atoms with van der Waals surface area (Å²) in [5.41, 5.74) is 2.57. The normalized spacial score (nSPS) is 12.3. The molecule has 1 unspecified atom stereocenters. The molecule has 0 bridgehead atoms. The second kappa shape index (κ2) is 8.15. The summed E-state index contributed by atoms with van der Waals surface area (Å²) in [6.45, 7) is 8.87. The number of nitrogens with one attached hydrogen (secondary N) is 1. The number of benzene rings is 1. The lowest BCUT2D eigenvalue weighted by molar-refractivity contribution is -0.121. The van der Waals surface area contributed by atoms with Crippen LogP contribution in [0.15, 0.2) is 18.2 Å². The Morgan fingerprint density at radius 1 is 1.35 bits per heavy atom. The molecule has 1 atom stereocenters. The van der Waals surface area contributed by atoms with E-state index in [4.69, 9.17) is 16.3 Å². The number of halogens is 1. The highest BCUT2D eigenvalue weighted by atomic mass is 35.5. The Bertz CT molecular complexity index is 446. The number of aryl methyl sites for hydroxylation is 1. The fourth-order valence-corrected chi connectivity index (χ4v) is 2.25. The van der Waals surface area contributed by atoms with Crippen molar-refractivity contribution in [3.05, 3.63) is 29.3 Å². The predicted molar refractivity (Wildman–Crippen MR) is 83.7 cm³/mol. The molecular weight excluding hydrogens is 274 g/mol. The van der Waals surface area contributed by atoms with Gasteiger partial charge in [-0.25, -0.2) is 0 Å². The van der Waals surface area contributed by atoms with Gasteiger partial charge in [0.15, 0.2) is 0 Å². The second-order valence-electron chi connectivity index (χ2n) is 5.34. The number of hydrogen-bond acceptors (Lipinski definition) is 2. The Morgan fingerprint density at radius 2 is 2.05 bits per heavy atom. The van der Waals surface area contributed by atoms with Crippen molar-refractivity contribution in [3.8, 4) is 5.75 Å². The molecule has 4 heteroatoms. The molecule has 0 saturated carbocycles. The fourth-order valence-electron chi connectivity index (χ4n) is 2.08. The maximum atomic E-state index is 11.3. The Balaban J connectivity index is 2.52. The van der Waals surface area contributed by atoms with Crippen molar-refractivity contribution in [2.24, 2.45) is 0 Å². The van der Waals surface area contributed by atoms with Gasteiger partial charge in [-0.3, -0.25) is 4.79 Å². The van der Waals surface area contributed by atoms with Crippen molar-refractivity contribution in [3.63, 3.8) is 0 Å². The summed E-state index contributed by atoms with van der Waals surface area (Å²) in [5.74, 6) is 1.65. The van der Waals surface area contributed by atoms with E-state index >= 15 is 0 Å². The van der Waals surface area contributed by atoms with Crippen molar-refractivity contribution in [1.82, 2.24) is 5.32 Å². The van der Waals surface area contributed by atoms with Gasteiger partial charge in [0.25, 0.3) is 0 Å². The zero-order valence-electron chi connectivity index (χ0n) is 12.7. The van der Waals surface area contributed by atoms with Gasteiger partial charge in [0.2, 0.25) is 5.91 Å². The summed E-state index contributed by atoms with van der Waals surface area (Å²) in [5, 5.41) is 2.80. The fraction of sp³-hybridized carbons (Fsp3) is 0.562. The van der Waals surface area contributed by atoms with Crippen molar-refractivity contribution < 1.29 is 9.53 Å². The van der Waals surface area contributed by atoms with Crippen molar-refractivity contribution in [2.75, 3.05) is 12.4 Å². The smallest absolute Gasteiger partial charge is 0.221 e. The first-order valence-electron chi connectivity index (χ1n) is 7.04. The predicted octanol–water partition coefficient (Wildman–Crippen LogP) is 3.63. The van der Waals surface area contributed by atoms with E-state index in [1.54, 1.807) is 0 Å². The quantitative estimate of drug-likeness (QED) is 0.781. The first kappa shape index (κ1) is 16.8. The molecular formula is C16H24ClNO2. The Morgan fingerprint density at radius 3 is 2.60 bits per heavy atom. The number of hydrogen-bond donors (Lipinski definition) is 1. The first-order chi connectivity index (χ1) is 9.43. The van der Waals surface area contributed by atoms with Crippen LogP contribution in [-0.2, 0) is 4.79 Å². The van der Waals surface area contributed by atoms with Crippen LogP contribution in [0.1, 0.15) is 44.2 Å². The molecule has 1 N–H and O–H groups in total. The van der Waals surface area contributed by atoms with Crippen molar-refractivity contribution in [1.29, 1.82) is 0 Å². The summed E-state index contributed by atoms with van der Waals surface area (Å²) in [6, 6.07) is 6.14. The molecule has 0 aliphatic rings. The van der Waals surface area contributed by atoms with Crippen LogP contribution in [0.2, 0.25) is 0 Å². The molecule has 1 amide bonds. The van der Waals surface area contributed by atoms with E-state index in [9.17, 15) is 4.79 Å². The Labute approximate surface area is 126 Å². The lowest BCUT2D eigenvalue weighted by Crippen LogP contribution is -2.33. The molecule has 0 aliphatic carbocycles. The minimum absolute atomic E-state index is 0.0400. The number of ether oxygens (including phenoxy) is 1. The van der Waals surface area contributed by atoms with E-state index in [0.29, 0.717) is 24.8 Å². The Kier molecular flexibility index (Phi) is 6.86. The minimum atomic E-state index is -0.0708. The van der Waals surface area contributed by atoms with E-state index in [-0.39, 0.29) is 12.0 Å². The molecule has 20 heavy (non-hydrogen) atoms. The molecule has 1 aromatic carbocycles. The summed E-state index contributed by atoms with van der Waals surface area (Å²) in [7, 11) is 0. The van der Waals surface area contributed by atoms with Gasteiger partial charge in [-0.05, 0) is 43.0 Å². The molecule has 1 aromatic rings. The van der Waals surface area contributed by atoms with Crippen LogP contribution in [0.3, 0.4) is 0 Å². The van der Waals surface area contributed by atoms with Crippen LogP contribution in [-0.4, -0.2) is 24.4 Å². The molecule has 0 aliphatic heterocycles. The van der Waals surface area contributed by atoms with Crippen LogP contribution in [0, 0.1) is 6.92 Å². The third-order valence-electron chi connectivity index (χ3n) is 3.11. The number of amides is 1. The zero-order chi connectivity index (χ0) is 15.1. The van der Waals surface area contributed by atoms with E-state index in [2.05, 4.69) is 32.2 Å². The van der Waals surface area contributed by atoms with Gasteiger partial charge in [0.1, 0.15) is 11.9 Å². The molecule has 0 spiro atoms. The van der Waals surface area contributed by atoms with Gasteiger partial charge in [0.05, 0.1) is 6.54 Å². The maximum absolute atomic E-state index is 11.3. The largest absolute Gasteiger partial charge is 0.489 e. The van der Waals surface area contributed by atoms with Crippen LogP contribution in [0.25, 0.3) is 0 Å². The second-order valence-corrected chi connectivity index (χ2v) is 5.72. The molecule has 0 aromatic heterocycles. The highest BCUT2D eigenvalue weighted by Gasteiger charge is 2.09. The SMILES string of the molecule is Cc1cc(OC(C)CNC(=O)CCCl)ccc1C(C)C. The highest BCUT2D eigenvalue weighted by Crippen LogP contribution is 2.23. The van der Waals surface area contributed by atoms with E-state index < -0.39 is 0 Å². The molecule has 1 rings (SSSR count). The van der Waals surface area contributed by atoms with Crippen molar-refractivity contribution in [2.45, 2.75) is 46.1 Å². The van der Waals surface area contributed by atoms with Crippen LogP contribution in [0.5, 0.6) is 5.75 Å². The molecule has 0 radical (unpaired) electrons. The third kappa shape index (κ3) is 5.41. The van der Waals surface area contributed by atoms with Gasteiger partial charge in [0, 0.05) is 12.3 Å². The van der Waals surface area contributed by atoms with E-state index in [1.807, 2.05) is 19.1 Å². The number of alkyl halides is 1. The first-order valence-corrected chi connectivity index (χ1v) is 7.57. The number of carbonyl (C=O) groups excluding carboxylic acids is 1. The average Bonchev–Trinajstić information content (AvgIpc) is 2.36. The van der Waals surface area contributed by atoms with Crippen LogP contribution in [0.4, 0.5) is 0 Å². The molecule has 0 saturated heterocycles. The van der Waals surface area contributed by atoms with Crippen molar-refractivity contribution >= 4 is 17.5 Å². The summed E-state index contributed by atoms with van der Waals surface area (Å²) in [4.78, 5) is 11.3. The van der Waals surface area contributed by atoms with Gasteiger partial charge in [-0.15, -0.1) is 11.6 Å². The minimum Gasteiger partial charge on any atom is -0.489 e. The van der Waals surface area contributed by atoms with Gasteiger partial charge in [-0.2, -0.15) is 0 Å². The number of carbonyl (C=O) groups is 1. The zero-order valence-corrected chi connectivity index (χ0v) is 13.5. The monoisotopic (exact) mass is 297 g/mol. The lowest BCUT2D eigenvalue weighted by Gasteiger charge is -2.17.